The van der Waals surface area contributed by atoms with Crippen LogP contribution in [0.1, 0.15) is 31.9 Å². The number of pyridine rings is 1. The fourth-order valence-corrected chi connectivity index (χ4v) is 2.84. The lowest BCUT2D eigenvalue weighted by molar-refractivity contribution is 0.570. The zero-order valence-electron chi connectivity index (χ0n) is 11.8. The topological polar surface area (TPSA) is 24.9 Å². The Morgan fingerprint density at radius 2 is 1.95 bits per heavy atom. The van der Waals surface area contributed by atoms with Crippen LogP contribution in [0.2, 0.25) is 0 Å². The minimum atomic E-state index is 0.403. The highest BCUT2D eigenvalue weighted by Crippen LogP contribution is 2.27. The molecule has 106 valence electrons. The van der Waals surface area contributed by atoms with Crippen LogP contribution in [0.25, 0.3) is 0 Å². The van der Waals surface area contributed by atoms with Crippen LogP contribution >= 0.6 is 27.7 Å². The van der Waals surface area contributed by atoms with E-state index in [2.05, 4.69) is 64.3 Å². The second-order valence-electron chi connectivity index (χ2n) is 4.66. The third-order valence-electron chi connectivity index (χ3n) is 3.00. The van der Waals surface area contributed by atoms with E-state index in [4.69, 9.17) is 0 Å². The van der Waals surface area contributed by atoms with Crippen LogP contribution in [-0.2, 0) is 0 Å². The first-order valence-electron chi connectivity index (χ1n) is 6.82. The van der Waals surface area contributed by atoms with Crippen molar-refractivity contribution in [1.82, 2.24) is 10.3 Å². The molecule has 0 fully saturated rings. The van der Waals surface area contributed by atoms with Gasteiger partial charge >= 0.3 is 0 Å². The Hall–Kier alpha value is -0.840. The molecule has 0 amide bonds. The van der Waals surface area contributed by atoms with Crippen molar-refractivity contribution in [1.29, 1.82) is 0 Å². The molecule has 1 aromatic carbocycles. The summed E-state index contributed by atoms with van der Waals surface area (Å²) in [5, 5.41) is 4.51. The minimum Gasteiger partial charge on any atom is -0.310 e. The Balaban J connectivity index is 1.99. The molecule has 0 saturated carbocycles. The van der Waals surface area contributed by atoms with Crippen molar-refractivity contribution in [2.45, 2.75) is 36.2 Å². The summed E-state index contributed by atoms with van der Waals surface area (Å²) in [7, 11) is 0. The lowest BCUT2D eigenvalue weighted by Crippen LogP contribution is -2.19. The maximum atomic E-state index is 4.38. The van der Waals surface area contributed by atoms with Crippen LogP contribution in [0.5, 0.6) is 0 Å². The summed E-state index contributed by atoms with van der Waals surface area (Å²) in [5.74, 6) is 0. The van der Waals surface area contributed by atoms with Crippen LogP contribution in [0, 0.1) is 0 Å². The van der Waals surface area contributed by atoms with Crippen molar-refractivity contribution in [2.24, 2.45) is 0 Å². The number of hydrogen-bond donors (Lipinski definition) is 1. The van der Waals surface area contributed by atoms with Crippen LogP contribution in [0.4, 0.5) is 0 Å². The Kier molecular flexibility index (Phi) is 6.07. The van der Waals surface area contributed by atoms with Crippen LogP contribution < -0.4 is 5.32 Å². The molecule has 2 rings (SSSR count). The van der Waals surface area contributed by atoms with Gasteiger partial charge in [-0.25, -0.2) is 4.98 Å². The molecule has 0 bridgehead atoms. The van der Waals surface area contributed by atoms with E-state index >= 15 is 0 Å². The van der Waals surface area contributed by atoms with E-state index in [1.54, 1.807) is 11.8 Å². The second kappa shape index (κ2) is 7.81. The van der Waals surface area contributed by atoms with Crippen molar-refractivity contribution in [3.05, 3.63) is 52.6 Å². The Bertz CT molecular complexity index is 525. The van der Waals surface area contributed by atoms with E-state index in [1.807, 2.05) is 18.3 Å². The van der Waals surface area contributed by atoms with Gasteiger partial charge in [0.1, 0.15) is 5.03 Å². The zero-order chi connectivity index (χ0) is 14.4. The second-order valence-corrected chi connectivity index (χ2v) is 6.67. The van der Waals surface area contributed by atoms with Crippen molar-refractivity contribution in [2.75, 3.05) is 6.54 Å². The highest BCUT2D eigenvalue weighted by atomic mass is 79.9. The third-order valence-corrected chi connectivity index (χ3v) is 4.43. The molecule has 0 aliphatic carbocycles. The lowest BCUT2D eigenvalue weighted by atomic mass is 10.1. The quantitative estimate of drug-likeness (QED) is 0.788. The van der Waals surface area contributed by atoms with Crippen LogP contribution in [0.3, 0.4) is 0 Å². The van der Waals surface area contributed by atoms with E-state index in [0.29, 0.717) is 6.04 Å². The molecule has 1 atom stereocenters. The lowest BCUT2D eigenvalue weighted by Gasteiger charge is -2.13. The van der Waals surface area contributed by atoms with E-state index in [1.165, 1.54) is 10.5 Å². The number of nitrogens with zero attached hydrogens (tertiary/aromatic N) is 1. The summed E-state index contributed by atoms with van der Waals surface area (Å²) in [6, 6.07) is 13.1. The van der Waals surface area contributed by atoms with Crippen molar-refractivity contribution in [3.8, 4) is 0 Å². The molecule has 0 saturated heterocycles. The number of hydrogen-bond acceptors (Lipinski definition) is 3. The summed E-state index contributed by atoms with van der Waals surface area (Å²) in [6.45, 7) is 5.44. The van der Waals surface area contributed by atoms with Gasteiger partial charge in [0.25, 0.3) is 0 Å². The van der Waals surface area contributed by atoms with Gasteiger partial charge in [0, 0.05) is 21.6 Å². The Morgan fingerprint density at radius 1 is 1.20 bits per heavy atom. The van der Waals surface area contributed by atoms with Crippen molar-refractivity contribution in [3.63, 3.8) is 0 Å². The monoisotopic (exact) mass is 350 g/mol. The van der Waals surface area contributed by atoms with Gasteiger partial charge in [-0.05, 0) is 65.6 Å². The smallest absolute Gasteiger partial charge is 0.101 e. The molecule has 0 radical (unpaired) electrons. The van der Waals surface area contributed by atoms with Gasteiger partial charge in [-0.15, -0.1) is 0 Å². The highest BCUT2D eigenvalue weighted by molar-refractivity contribution is 9.10. The first-order chi connectivity index (χ1) is 9.69. The van der Waals surface area contributed by atoms with Gasteiger partial charge < -0.3 is 5.32 Å². The largest absolute Gasteiger partial charge is 0.310 e. The molecular weight excluding hydrogens is 332 g/mol. The summed E-state index contributed by atoms with van der Waals surface area (Å²) in [6.07, 6.45) is 2.99. The standard InChI is InChI=1S/C16H19BrN2S/c1-3-10-18-12(2)13-4-7-15(8-5-13)20-16-9-6-14(17)11-19-16/h4-9,11-12,18H,3,10H2,1-2H3. The van der Waals surface area contributed by atoms with Gasteiger partial charge in [0.05, 0.1) is 0 Å². The van der Waals surface area contributed by atoms with Crippen LogP contribution in [0.15, 0.2) is 57.0 Å². The molecule has 2 aromatic rings. The number of nitrogens with one attached hydrogen (secondary N) is 1. The molecule has 2 nitrogen and oxygen atoms in total. The third kappa shape index (κ3) is 4.62. The van der Waals surface area contributed by atoms with Gasteiger partial charge in [0.15, 0.2) is 0 Å². The molecule has 1 N–H and O–H groups in total. The fraction of sp³-hybridized carbons (Fsp3) is 0.312. The highest BCUT2D eigenvalue weighted by Gasteiger charge is 2.04. The predicted molar refractivity (Wildman–Crippen MR) is 89.2 cm³/mol. The summed E-state index contributed by atoms with van der Waals surface area (Å²) < 4.78 is 1.01. The fourth-order valence-electron chi connectivity index (χ4n) is 1.85. The zero-order valence-corrected chi connectivity index (χ0v) is 14.2. The summed E-state index contributed by atoms with van der Waals surface area (Å²) in [5.41, 5.74) is 1.33. The van der Waals surface area contributed by atoms with Crippen LogP contribution in [-0.4, -0.2) is 11.5 Å². The predicted octanol–water partition coefficient (Wildman–Crippen LogP) is 5.06. The normalized spacial score (nSPS) is 12.3. The van der Waals surface area contributed by atoms with Gasteiger partial charge in [0.2, 0.25) is 0 Å². The SMILES string of the molecule is CCCNC(C)c1ccc(Sc2ccc(Br)cn2)cc1. The summed E-state index contributed by atoms with van der Waals surface area (Å²) in [4.78, 5) is 5.59. The Labute approximate surface area is 133 Å². The van der Waals surface area contributed by atoms with E-state index in [9.17, 15) is 0 Å². The van der Waals surface area contributed by atoms with Gasteiger partial charge in [-0.1, -0.05) is 30.8 Å². The van der Waals surface area contributed by atoms with E-state index in [0.717, 1.165) is 22.5 Å². The van der Waals surface area contributed by atoms with Crippen molar-refractivity contribution < 1.29 is 0 Å². The first kappa shape index (κ1) is 15.5. The number of benzene rings is 1. The van der Waals surface area contributed by atoms with Gasteiger partial charge in [-0.3, -0.25) is 0 Å². The van der Waals surface area contributed by atoms with E-state index < -0.39 is 0 Å². The maximum absolute atomic E-state index is 4.38. The molecule has 0 aliphatic heterocycles. The van der Waals surface area contributed by atoms with Gasteiger partial charge in [-0.2, -0.15) is 0 Å². The van der Waals surface area contributed by atoms with E-state index in [-0.39, 0.29) is 0 Å². The Morgan fingerprint density at radius 3 is 2.55 bits per heavy atom. The minimum absolute atomic E-state index is 0.403. The molecule has 1 heterocycles. The molecule has 20 heavy (non-hydrogen) atoms. The number of aromatic nitrogens is 1. The maximum Gasteiger partial charge on any atom is 0.101 e. The molecule has 4 heteroatoms. The molecular formula is C16H19BrN2S. The molecule has 1 unspecified atom stereocenters. The molecule has 1 aromatic heterocycles. The number of halogens is 1. The number of rotatable bonds is 6. The first-order valence-corrected chi connectivity index (χ1v) is 8.42. The van der Waals surface area contributed by atoms with Crippen molar-refractivity contribution >= 4 is 27.7 Å². The molecule has 0 aliphatic rings. The average molecular weight is 351 g/mol. The molecule has 0 spiro atoms. The average Bonchev–Trinajstić information content (AvgIpc) is 2.48. The summed E-state index contributed by atoms with van der Waals surface area (Å²) >= 11 is 5.08.